The number of H-pyrrole nitrogens is 1. The molecule has 0 bridgehead atoms. The number of halogens is 1. The van der Waals surface area contributed by atoms with Crippen LogP contribution in [0.1, 0.15) is 33.8 Å². The molecule has 1 atom stereocenters. The van der Waals surface area contributed by atoms with E-state index in [-0.39, 0.29) is 11.8 Å². The van der Waals surface area contributed by atoms with Gasteiger partial charge in [0.25, 0.3) is 5.89 Å². The normalized spacial score (nSPS) is 15.5. The lowest BCUT2D eigenvalue weighted by Gasteiger charge is -2.32. The Balaban J connectivity index is 1.37. The first-order valence-corrected chi connectivity index (χ1v) is 10.8. The molecule has 34 heavy (non-hydrogen) atoms. The van der Waals surface area contributed by atoms with E-state index in [0.29, 0.717) is 35.3 Å². The number of hydrogen-bond acceptors (Lipinski definition) is 8. The fourth-order valence-electron chi connectivity index (χ4n) is 4.09. The van der Waals surface area contributed by atoms with E-state index >= 15 is 0 Å². The number of carbonyl (C=O) groups is 1. The van der Waals surface area contributed by atoms with Crippen molar-refractivity contribution >= 4 is 23.0 Å². The summed E-state index contributed by atoms with van der Waals surface area (Å²) < 4.78 is 12.4. The zero-order valence-corrected chi connectivity index (χ0v) is 18.6. The zero-order chi connectivity index (χ0) is 23.2. The van der Waals surface area contributed by atoms with Crippen LogP contribution in [0.4, 0.5) is 0 Å². The average molecular weight is 477 g/mol. The van der Waals surface area contributed by atoms with Crippen molar-refractivity contribution in [2.45, 2.75) is 12.5 Å². The standard InChI is InChI=1S/C22H17ClN8O3/c1-33-13-5-6-15(24-10-13)20-27-28-21(34-20)22(32)30-8-7-14-18(26-11-25-14)19(30)16-9-12-3-2-4-17(23)31(12)29-16/h2-6,9-11,19H,7-8H2,1H3,(H,25,26)/t19-/m0/s1. The second-order valence-corrected chi connectivity index (χ2v) is 8.05. The van der Waals surface area contributed by atoms with Crippen molar-refractivity contribution in [1.82, 2.24) is 39.7 Å². The van der Waals surface area contributed by atoms with Gasteiger partial charge in [0.05, 0.1) is 36.5 Å². The smallest absolute Gasteiger partial charge is 0.312 e. The third kappa shape index (κ3) is 3.28. The van der Waals surface area contributed by atoms with Crippen LogP contribution in [-0.4, -0.2) is 59.2 Å². The number of aromatic amines is 1. The molecule has 0 aromatic carbocycles. The number of hydrogen-bond donors (Lipinski definition) is 1. The Morgan fingerprint density at radius 1 is 1.24 bits per heavy atom. The predicted molar refractivity (Wildman–Crippen MR) is 119 cm³/mol. The minimum Gasteiger partial charge on any atom is -0.495 e. The summed E-state index contributed by atoms with van der Waals surface area (Å²) in [7, 11) is 1.55. The number of pyridine rings is 2. The number of aromatic nitrogens is 7. The highest BCUT2D eigenvalue weighted by molar-refractivity contribution is 6.29. The molecule has 1 aliphatic rings. The highest BCUT2D eigenvalue weighted by atomic mass is 35.5. The average Bonchev–Trinajstić information content (AvgIpc) is 3.62. The number of imidazole rings is 1. The van der Waals surface area contributed by atoms with Crippen LogP contribution in [0, 0.1) is 0 Å². The van der Waals surface area contributed by atoms with Gasteiger partial charge in [-0.3, -0.25) is 4.79 Å². The summed E-state index contributed by atoms with van der Waals surface area (Å²) in [6, 6.07) is 10.2. The van der Waals surface area contributed by atoms with E-state index in [1.54, 1.807) is 41.1 Å². The van der Waals surface area contributed by atoms with Crippen molar-refractivity contribution in [2.24, 2.45) is 0 Å². The Kier molecular flexibility index (Phi) is 4.77. The van der Waals surface area contributed by atoms with Crippen molar-refractivity contribution < 1.29 is 13.9 Å². The van der Waals surface area contributed by atoms with Crippen LogP contribution in [-0.2, 0) is 6.42 Å². The summed E-state index contributed by atoms with van der Waals surface area (Å²) in [6.45, 7) is 0.415. The van der Waals surface area contributed by atoms with Gasteiger partial charge in [-0.1, -0.05) is 17.7 Å². The molecule has 6 rings (SSSR count). The molecule has 5 aromatic heterocycles. The molecule has 0 fully saturated rings. The SMILES string of the molecule is COc1ccc(-c2nnc(C(=O)N3CCc4[nH]cnc4[C@@H]3c3cc4cccc(Cl)n4n3)o2)nc1. The lowest BCUT2D eigenvalue weighted by molar-refractivity contribution is 0.0646. The van der Waals surface area contributed by atoms with Gasteiger partial charge < -0.3 is 19.0 Å². The maximum Gasteiger partial charge on any atom is 0.312 e. The van der Waals surface area contributed by atoms with Crippen LogP contribution in [0.15, 0.2) is 53.3 Å². The summed E-state index contributed by atoms with van der Waals surface area (Å²) in [5, 5.41) is 13.1. The summed E-state index contributed by atoms with van der Waals surface area (Å²) in [5.41, 5.74) is 3.54. The van der Waals surface area contributed by atoms with E-state index in [0.717, 1.165) is 16.9 Å². The Hall–Kier alpha value is -4.25. The number of ether oxygens (including phenoxy) is 1. The highest BCUT2D eigenvalue weighted by Crippen LogP contribution is 2.34. The zero-order valence-electron chi connectivity index (χ0n) is 17.8. The number of methoxy groups -OCH3 is 1. The van der Waals surface area contributed by atoms with E-state index in [1.165, 1.54) is 6.20 Å². The van der Waals surface area contributed by atoms with E-state index in [9.17, 15) is 4.79 Å². The molecule has 1 aliphatic heterocycles. The fourth-order valence-corrected chi connectivity index (χ4v) is 4.30. The number of nitrogens with zero attached hydrogens (tertiary/aromatic N) is 7. The molecule has 1 N–H and O–H groups in total. The van der Waals surface area contributed by atoms with Crippen LogP contribution >= 0.6 is 11.6 Å². The largest absolute Gasteiger partial charge is 0.495 e. The molecule has 0 aliphatic carbocycles. The topological polar surface area (TPSA) is 127 Å². The van der Waals surface area contributed by atoms with E-state index < -0.39 is 11.9 Å². The van der Waals surface area contributed by atoms with Gasteiger partial charge in [0.1, 0.15) is 22.6 Å². The molecule has 5 aromatic rings. The molecular weight excluding hydrogens is 460 g/mol. The van der Waals surface area contributed by atoms with Crippen LogP contribution in [0.5, 0.6) is 5.75 Å². The Bertz CT molecular complexity index is 1510. The molecule has 1 amide bonds. The van der Waals surface area contributed by atoms with Crippen molar-refractivity contribution in [2.75, 3.05) is 13.7 Å². The van der Waals surface area contributed by atoms with E-state index in [2.05, 4.69) is 30.2 Å². The molecular formula is C22H17ClN8O3. The second kappa shape index (κ2) is 7.96. The number of rotatable bonds is 4. The number of amides is 1. The third-order valence-electron chi connectivity index (χ3n) is 5.72. The first kappa shape index (κ1) is 20.4. The maximum absolute atomic E-state index is 13.5. The monoisotopic (exact) mass is 476 g/mol. The van der Waals surface area contributed by atoms with Gasteiger partial charge in [0.2, 0.25) is 0 Å². The van der Waals surface area contributed by atoms with Crippen molar-refractivity contribution in [1.29, 1.82) is 0 Å². The van der Waals surface area contributed by atoms with Crippen LogP contribution < -0.4 is 4.74 Å². The first-order chi connectivity index (χ1) is 16.6. The van der Waals surface area contributed by atoms with Crippen molar-refractivity contribution in [3.8, 4) is 17.3 Å². The minimum atomic E-state index is -0.548. The van der Waals surface area contributed by atoms with Gasteiger partial charge >= 0.3 is 11.8 Å². The molecule has 0 unspecified atom stereocenters. The van der Waals surface area contributed by atoms with Crippen LogP contribution in [0.2, 0.25) is 5.15 Å². The van der Waals surface area contributed by atoms with Gasteiger partial charge in [0.15, 0.2) is 0 Å². The summed E-state index contributed by atoms with van der Waals surface area (Å²) in [6.07, 6.45) is 3.76. The Labute approximate surface area is 197 Å². The molecule has 0 radical (unpaired) electrons. The first-order valence-electron chi connectivity index (χ1n) is 10.4. The van der Waals surface area contributed by atoms with Crippen LogP contribution in [0.25, 0.3) is 17.1 Å². The van der Waals surface area contributed by atoms with Crippen LogP contribution in [0.3, 0.4) is 0 Å². The summed E-state index contributed by atoms with van der Waals surface area (Å²) in [4.78, 5) is 27.0. The lowest BCUT2D eigenvalue weighted by atomic mass is 9.99. The molecule has 6 heterocycles. The second-order valence-electron chi connectivity index (χ2n) is 7.67. The van der Waals surface area contributed by atoms with Gasteiger partial charge in [-0.05, 0) is 30.3 Å². The lowest BCUT2D eigenvalue weighted by Crippen LogP contribution is -2.41. The molecule has 0 spiro atoms. The van der Waals surface area contributed by atoms with E-state index in [4.69, 9.17) is 20.8 Å². The number of fused-ring (bicyclic) bond motifs is 2. The van der Waals surface area contributed by atoms with Gasteiger partial charge in [-0.25, -0.2) is 14.5 Å². The van der Waals surface area contributed by atoms with Gasteiger partial charge in [0, 0.05) is 18.7 Å². The quantitative estimate of drug-likeness (QED) is 0.392. The Morgan fingerprint density at radius 3 is 2.94 bits per heavy atom. The molecule has 170 valence electrons. The highest BCUT2D eigenvalue weighted by Gasteiger charge is 2.38. The molecule has 0 saturated heterocycles. The summed E-state index contributed by atoms with van der Waals surface area (Å²) >= 11 is 6.31. The number of carbonyl (C=O) groups excluding carboxylic acids is 1. The van der Waals surface area contributed by atoms with E-state index in [1.807, 2.05) is 18.2 Å². The summed E-state index contributed by atoms with van der Waals surface area (Å²) in [5.74, 6) is 0.171. The van der Waals surface area contributed by atoms with Gasteiger partial charge in [-0.2, -0.15) is 5.10 Å². The van der Waals surface area contributed by atoms with Crippen molar-refractivity contribution in [3.63, 3.8) is 0 Å². The number of nitrogens with one attached hydrogen (secondary N) is 1. The van der Waals surface area contributed by atoms with Gasteiger partial charge in [-0.15, -0.1) is 10.2 Å². The maximum atomic E-state index is 13.5. The van der Waals surface area contributed by atoms with Crippen molar-refractivity contribution in [3.05, 3.63) is 77.0 Å². The minimum absolute atomic E-state index is 0.138. The fraction of sp³-hybridized carbons (Fsp3) is 0.182. The predicted octanol–water partition coefficient (Wildman–Crippen LogP) is 2.95. The molecule has 12 heteroatoms. The molecule has 0 saturated carbocycles. The molecule has 11 nitrogen and oxygen atoms in total. The Morgan fingerprint density at radius 2 is 2.15 bits per heavy atom. The third-order valence-corrected chi connectivity index (χ3v) is 6.01.